The van der Waals surface area contributed by atoms with Crippen LogP contribution < -0.4 is 16.6 Å². The predicted molar refractivity (Wildman–Crippen MR) is 80.5 cm³/mol. The molecule has 3 rings (SSSR count). The van der Waals surface area contributed by atoms with E-state index in [2.05, 4.69) is 32.5 Å². The van der Waals surface area contributed by atoms with Crippen molar-refractivity contribution in [3.63, 3.8) is 0 Å². The Balaban J connectivity index is 1.75. The zero-order chi connectivity index (χ0) is 13.2. The van der Waals surface area contributed by atoms with E-state index >= 15 is 0 Å². The lowest BCUT2D eigenvalue weighted by atomic mass is 10.2. The molecular formula is C13H21N5S. The minimum absolute atomic E-state index is 0.536. The van der Waals surface area contributed by atoms with E-state index in [-0.39, 0.29) is 0 Å². The van der Waals surface area contributed by atoms with Gasteiger partial charge in [0.15, 0.2) is 0 Å². The first-order valence-electron chi connectivity index (χ1n) is 6.98. The van der Waals surface area contributed by atoms with Crippen LogP contribution in [0.3, 0.4) is 0 Å². The number of rotatable bonds is 5. The van der Waals surface area contributed by atoms with Gasteiger partial charge in [-0.2, -0.15) is 11.8 Å². The van der Waals surface area contributed by atoms with Crippen molar-refractivity contribution in [2.45, 2.75) is 43.8 Å². The van der Waals surface area contributed by atoms with Crippen LogP contribution in [0.4, 0.5) is 11.6 Å². The third kappa shape index (κ3) is 2.95. The van der Waals surface area contributed by atoms with Gasteiger partial charge in [-0.05, 0) is 38.4 Å². The molecule has 0 spiro atoms. The molecule has 1 saturated carbocycles. The van der Waals surface area contributed by atoms with Crippen LogP contribution in [-0.4, -0.2) is 27.5 Å². The molecule has 0 aromatic carbocycles. The third-order valence-corrected chi connectivity index (χ3v) is 5.16. The zero-order valence-corrected chi connectivity index (χ0v) is 12.1. The molecule has 1 aliphatic carbocycles. The fourth-order valence-corrected chi connectivity index (χ4v) is 3.59. The van der Waals surface area contributed by atoms with Crippen LogP contribution in [0, 0.1) is 6.92 Å². The highest BCUT2D eigenvalue weighted by Gasteiger charge is 2.28. The van der Waals surface area contributed by atoms with Crippen LogP contribution in [0.2, 0.25) is 0 Å². The second-order valence-corrected chi connectivity index (χ2v) is 6.75. The minimum atomic E-state index is 0.536. The maximum absolute atomic E-state index is 5.56. The molecule has 6 heteroatoms. The first-order chi connectivity index (χ1) is 9.28. The summed E-state index contributed by atoms with van der Waals surface area (Å²) in [6.07, 6.45) is 5.04. The van der Waals surface area contributed by atoms with Crippen molar-refractivity contribution < 1.29 is 0 Å². The number of nitrogens with zero attached hydrogens (tertiary/aromatic N) is 2. The third-order valence-electron chi connectivity index (χ3n) is 3.76. The van der Waals surface area contributed by atoms with Crippen LogP contribution >= 0.6 is 11.8 Å². The molecule has 104 valence electrons. The molecule has 0 bridgehead atoms. The summed E-state index contributed by atoms with van der Waals surface area (Å²) >= 11 is 2.05. The van der Waals surface area contributed by atoms with E-state index in [9.17, 15) is 0 Å². The largest absolute Gasteiger partial charge is 0.369 e. The summed E-state index contributed by atoms with van der Waals surface area (Å²) in [4.78, 5) is 9.18. The van der Waals surface area contributed by atoms with Crippen LogP contribution in [-0.2, 0) is 0 Å². The number of thioether (sulfide) groups is 1. The number of nitrogen functional groups attached to an aromatic ring is 1. The second kappa shape index (κ2) is 5.54. The lowest BCUT2D eigenvalue weighted by molar-refractivity contribution is 0.800. The standard InChI is InChI=1S/C13H21N5S/c1-8-11(15-7-10-3-2-6-19-10)16-13(9-4-5-9)17-12(8)18-14/h9-10H,2-7,14H2,1H3,(H2,15,16,17,18). The lowest BCUT2D eigenvalue weighted by Crippen LogP contribution is -2.18. The maximum atomic E-state index is 5.56. The van der Waals surface area contributed by atoms with E-state index in [4.69, 9.17) is 5.84 Å². The topological polar surface area (TPSA) is 75.9 Å². The lowest BCUT2D eigenvalue weighted by Gasteiger charge is -2.15. The van der Waals surface area contributed by atoms with Crippen molar-refractivity contribution >= 4 is 23.4 Å². The molecule has 2 aliphatic rings. The first-order valence-corrected chi connectivity index (χ1v) is 8.03. The average Bonchev–Trinajstić information content (AvgIpc) is 3.14. The molecule has 0 amide bonds. The molecule has 2 fully saturated rings. The molecule has 4 N–H and O–H groups in total. The molecule has 5 nitrogen and oxygen atoms in total. The highest BCUT2D eigenvalue weighted by molar-refractivity contribution is 8.00. The Morgan fingerprint density at radius 2 is 2.05 bits per heavy atom. The van der Waals surface area contributed by atoms with E-state index in [0.717, 1.165) is 29.6 Å². The number of hydrogen-bond donors (Lipinski definition) is 3. The van der Waals surface area contributed by atoms with Gasteiger partial charge in [-0.15, -0.1) is 0 Å². The van der Waals surface area contributed by atoms with Crippen molar-refractivity contribution in [3.8, 4) is 0 Å². The summed E-state index contributed by atoms with van der Waals surface area (Å²) in [6.45, 7) is 2.99. The van der Waals surface area contributed by atoms with Gasteiger partial charge in [-0.25, -0.2) is 15.8 Å². The number of hydrazine groups is 1. The normalized spacial score (nSPS) is 22.5. The van der Waals surface area contributed by atoms with Crippen LogP contribution in [0.5, 0.6) is 0 Å². The van der Waals surface area contributed by atoms with Crippen LogP contribution in [0.25, 0.3) is 0 Å². The highest BCUT2D eigenvalue weighted by Crippen LogP contribution is 2.39. The number of nitrogens with one attached hydrogen (secondary N) is 2. The molecule has 2 heterocycles. The summed E-state index contributed by atoms with van der Waals surface area (Å²) in [5.41, 5.74) is 3.70. The minimum Gasteiger partial charge on any atom is -0.369 e. The maximum Gasteiger partial charge on any atom is 0.148 e. The van der Waals surface area contributed by atoms with Crippen LogP contribution in [0.1, 0.15) is 43.0 Å². The van der Waals surface area contributed by atoms with Gasteiger partial charge in [0.1, 0.15) is 17.5 Å². The molecule has 1 atom stereocenters. The molecule has 1 unspecified atom stereocenters. The summed E-state index contributed by atoms with van der Waals surface area (Å²) in [6, 6.07) is 0. The predicted octanol–water partition coefficient (Wildman–Crippen LogP) is 2.26. The van der Waals surface area contributed by atoms with Crippen molar-refractivity contribution in [1.29, 1.82) is 0 Å². The van der Waals surface area contributed by atoms with Gasteiger partial charge < -0.3 is 10.7 Å². The number of nitrogens with two attached hydrogens (primary N) is 1. The Labute approximate surface area is 118 Å². The van der Waals surface area contributed by atoms with E-state index in [1.807, 2.05) is 6.92 Å². The quantitative estimate of drug-likeness (QED) is 0.567. The molecule has 19 heavy (non-hydrogen) atoms. The SMILES string of the molecule is Cc1c(NN)nc(C2CC2)nc1NCC1CCCS1. The molecule has 1 aromatic rings. The Morgan fingerprint density at radius 1 is 1.26 bits per heavy atom. The first kappa shape index (κ1) is 13.0. The van der Waals surface area contributed by atoms with Gasteiger partial charge in [0.2, 0.25) is 0 Å². The molecule has 1 saturated heterocycles. The molecule has 0 radical (unpaired) electrons. The monoisotopic (exact) mass is 279 g/mol. The van der Waals surface area contributed by atoms with Crippen molar-refractivity contribution in [1.82, 2.24) is 9.97 Å². The van der Waals surface area contributed by atoms with Gasteiger partial charge in [-0.1, -0.05) is 0 Å². The summed E-state index contributed by atoms with van der Waals surface area (Å²) in [5, 5.41) is 4.20. The van der Waals surface area contributed by atoms with Crippen molar-refractivity contribution in [3.05, 3.63) is 11.4 Å². The fraction of sp³-hybridized carbons (Fsp3) is 0.692. The Morgan fingerprint density at radius 3 is 2.68 bits per heavy atom. The number of hydrogen-bond acceptors (Lipinski definition) is 6. The smallest absolute Gasteiger partial charge is 0.148 e. The summed E-state index contributed by atoms with van der Waals surface area (Å²) in [5.74, 6) is 10.0. The summed E-state index contributed by atoms with van der Waals surface area (Å²) < 4.78 is 0. The van der Waals surface area contributed by atoms with Crippen LogP contribution in [0.15, 0.2) is 0 Å². The molecule has 1 aromatic heterocycles. The van der Waals surface area contributed by atoms with E-state index in [0.29, 0.717) is 11.2 Å². The average molecular weight is 279 g/mol. The van der Waals surface area contributed by atoms with E-state index in [1.165, 1.54) is 31.4 Å². The Bertz CT molecular complexity index is 455. The van der Waals surface area contributed by atoms with Crippen molar-refractivity contribution in [2.24, 2.45) is 5.84 Å². The number of anilines is 2. The van der Waals surface area contributed by atoms with E-state index < -0.39 is 0 Å². The van der Waals surface area contributed by atoms with E-state index in [1.54, 1.807) is 0 Å². The van der Waals surface area contributed by atoms with Gasteiger partial charge in [0.25, 0.3) is 0 Å². The zero-order valence-electron chi connectivity index (χ0n) is 11.3. The fourth-order valence-electron chi connectivity index (χ4n) is 2.39. The second-order valence-electron chi connectivity index (χ2n) is 5.34. The summed E-state index contributed by atoms with van der Waals surface area (Å²) in [7, 11) is 0. The van der Waals surface area contributed by atoms with Gasteiger partial charge in [0, 0.05) is 23.3 Å². The Kier molecular flexibility index (Phi) is 3.79. The Hall–Kier alpha value is -1.01. The molecular weight excluding hydrogens is 258 g/mol. The highest BCUT2D eigenvalue weighted by atomic mass is 32.2. The molecule has 1 aliphatic heterocycles. The number of aromatic nitrogens is 2. The van der Waals surface area contributed by atoms with Crippen molar-refractivity contribution in [2.75, 3.05) is 23.0 Å². The van der Waals surface area contributed by atoms with Gasteiger partial charge in [0.05, 0.1) is 0 Å². The van der Waals surface area contributed by atoms with Gasteiger partial charge >= 0.3 is 0 Å². The van der Waals surface area contributed by atoms with Gasteiger partial charge in [-0.3, -0.25) is 0 Å².